The minimum Gasteiger partial charge on any atom is -0.374 e. The van der Waals surface area contributed by atoms with Gasteiger partial charge in [-0.25, -0.2) is 0 Å². The molecular formula is C25H32Cl2N2O3. The van der Waals surface area contributed by atoms with Crippen LogP contribution in [0.2, 0.25) is 10.0 Å². The van der Waals surface area contributed by atoms with Crippen LogP contribution in [-0.2, 0) is 27.3 Å². The lowest BCUT2D eigenvalue weighted by Gasteiger charge is -2.25. The summed E-state index contributed by atoms with van der Waals surface area (Å²) in [6.07, 6.45) is 1.57. The van der Waals surface area contributed by atoms with E-state index in [1.807, 2.05) is 57.2 Å². The van der Waals surface area contributed by atoms with Gasteiger partial charge in [0.05, 0.1) is 22.3 Å². The highest BCUT2D eigenvalue weighted by Gasteiger charge is 2.22. The highest BCUT2D eigenvalue weighted by atomic mass is 35.5. The molecule has 2 aromatic rings. The molecule has 1 amide bonds. The molecule has 0 heterocycles. The van der Waals surface area contributed by atoms with E-state index in [-0.39, 0.29) is 23.9 Å². The number of ether oxygens (including phenoxy) is 1. The molecule has 0 aliphatic heterocycles. The van der Waals surface area contributed by atoms with Crippen LogP contribution in [0.4, 0.5) is 0 Å². The SMILES string of the molecule is CC(C)(C)OC[C@@H](NCCC(=O)CCc1ccccc1)C(=O)NCc1ccc(Cl)c(Cl)c1. The first-order valence-corrected chi connectivity index (χ1v) is 11.5. The summed E-state index contributed by atoms with van der Waals surface area (Å²) in [6.45, 7) is 6.74. The number of Topliss-reactive ketones (excluding diaryl/α,β-unsaturated/α-hetero) is 1. The third-order valence-electron chi connectivity index (χ3n) is 4.78. The van der Waals surface area contributed by atoms with Crippen LogP contribution in [0.5, 0.6) is 0 Å². The first-order chi connectivity index (χ1) is 15.1. The maximum atomic E-state index is 12.8. The smallest absolute Gasteiger partial charge is 0.239 e. The molecule has 1 atom stereocenters. The average Bonchev–Trinajstić information content (AvgIpc) is 2.75. The summed E-state index contributed by atoms with van der Waals surface area (Å²) in [5.41, 5.74) is 1.61. The van der Waals surface area contributed by atoms with Gasteiger partial charge in [-0.15, -0.1) is 0 Å². The number of carbonyl (C=O) groups excluding carboxylic acids is 2. The molecule has 0 spiro atoms. The molecule has 0 saturated carbocycles. The van der Waals surface area contributed by atoms with E-state index >= 15 is 0 Å². The Hall–Kier alpha value is -1.92. The molecular weight excluding hydrogens is 447 g/mol. The standard InChI is InChI=1S/C25H32Cl2N2O3/c1-25(2,3)32-17-23(24(31)29-16-19-10-12-21(26)22(27)15-19)28-14-13-20(30)11-9-18-7-5-4-6-8-18/h4-8,10,12,15,23,28H,9,11,13-14,16-17H2,1-3H3,(H,29,31)/t23-/m1/s1. The summed E-state index contributed by atoms with van der Waals surface area (Å²) in [4.78, 5) is 25.0. The first kappa shape index (κ1) is 26.3. The van der Waals surface area contributed by atoms with Gasteiger partial charge in [0.2, 0.25) is 5.91 Å². The predicted octanol–water partition coefficient (Wildman–Crippen LogP) is 4.97. The lowest BCUT2D eigenvalue weighted by atomic mass is 10.1. The van der Waals surface area contributed by atoms with E-state index in [0.29, 0.717) is 36.0 Å². The third-order valence-corrected chi connectivity index (χ3v) is 5.52. The number of amides is 1. The Morgan fingerprint density at radius 1 is 0.969 bits per heavy atom. The van der Waals surface area contributed by atoms with E-state index in [1.54, 1.807) is 12.1 Å². The molecule has 0 saturated heterocycles. The van der Waals surface area contributed by atoms with Crippen LogP contribution in [-0.4, -0.2) is 36.5 Å². The van der Waals surface area contributed by atoms with Gasteiger partial charge < -0.3 is 15.4 Å². The summed E-state index contributed by atoms with van der Waals surface area (Å²) >= 11 is 12.0. The summed E-state index contributed by atoms with van der Waals surface area (Å²) < 4.78 is 5.82. The van der Waals surface area contributed by atoms with Gasteiger partial charge in [0, 0.05) is 25.9 Å². The molecule has 0 radical (unpaired) electrons. The van der Waals surface area contributed by atoms with Crippen LogP contribution in [0.15, 0.2) is 48.5 Å². The Bertz CT molecular complexity index is 883. The Kier molecular flexibility index (Phi) is 10.7. The van der Waals surface area contributed by atoms with Crippen molar-refractivity contribution in [3.63, 3.8) is 0 Å². The molecule has 7 heteroatoms. The van der Waals surface area contributed by atoms with Gasteiger partial charge in [-0.05, 0) is 50.5 Å². The molecule has 174 valence electrons. The second-order valence-electron chi connectivity index (χ2n) is 8.67. The highest BCUT2D eigenvalue weighted by Crippen LogP contribution is 2.22. The highest BCUT2D eigenvalue weighted by molar-refractivity contribution is 6.42. The number of carbonyl (C=O) groups is 2. The summed E-state index contributed by atoms with van der Waals surface area (Å²) in [6, 6.07) is 14.6. The van der Waals surface area contributed by atoms with Gasteiger partial charge in [-0.2, -0.15) is 0 Å². The Balaban J connectivity index is 1.84. The minimum absolute atomic E-state index is 0.160. The van der Waals surface area contributed by atoms with Crippen molar-refractivity contribution in [2.75, 3.05) is 13.2 Å². The van der Waals surface area contributed by atoms with Crippen LogP contribution in [0.1, 0.15) is 44.7 Å². The van der Waals surface area contributed by atoms with Crippen LogP contribution in [0.3, 0.4) is 0 Å². The molecule has 0 fully saturated rings. The number of rotatable bonds is 12. The maximum Gasteiger partial charge on any atom is 0.239 e. The number of aryl methyl sites for hydroxylation is 1. The Morgan fingerprint density at radius 2 is 1.69 bits per heavy atom. The number of halogens is 2. The maximum absolute atomic E-state index is 12.8. The summed E-state index contributed by atoms with van der Waals surface area (Å²) in [5, 5.41) is 6.98. The predicted molar refractivity (Wildman–Crippen MR) is 130 cm³/mol. The first-order valence-electron chi connectivity index (χ1n) is 10.8. The average molecular weight is 479 g/mol. The zero-order chi connectivity index (χ0) is 23.6. The topological polar surface area (TPSA) is 67.4 Å². The number of hydrogen-bond acceptors (Lipinski definition) is 4. The fraction of sp³-hybridized carbons (Fsp3) is 0.440. The fourth-order valence-corrected chi connectivity index (χ4v) is 3.28. The molecule has 0 unspecified atom stereocenters. The number of benzene rings is 2. The third kappa shape index (κ3) is 10.1. The van der Waals surface area contributed by atoms with E-state index in [4.69, 9.17) is 27.9 Å². The van der Waals surface area contributed by atoms with Crippen molar-refractivity contribution in [2.45, 2.75) is 58.2 Å². The van der Waals surface area contributed by atoms with Crippen molar-refractivity contribution in [2.24, 2.45) is 0 Å². The number of ketones is 1. The van der Waals surface area contributed by atoms with Crippen molar-refractivity contribution in [1.82, 2.24) is 10.6 Å². The van der Waals surface area contributed by atoms with Crippen LogP contribution in [0, 0.1) is 0 Å². The molecule has 2 aromatic carbocycles. The molecule has 0 aromatic heterocycles. The Labute approximate surface area is 200 Å². The van der Waals surface area contributed by atoms with Gasteiger partial charge in [0.25, 0.3) is 0 Å². The molecule has 5 nitrogen and oxygen atoms in total. The van der Waals surface area contributed by atoms with Crippen molar-refractivity contribution < 1.29 is 14.3 Å². The van der Waals surface area contributed by atoms with E-state index in [2.05, 4.69) is 10.6 Å². The Morgan fingerprint density at radius 3 is 2.34 bits per heavy atom. The molecule has 32 heavy (non-hydrogen) atoms. The molecule has 0 aliphatic rings. The van der Waals surface area contributed by atoms with Crippen molar-refractivity contribution >= 4 is 34.9 Å². The van der Waals surface area contributed by atoms with Crippen LogP contribution >= 0.6 is 23.2 Å². The lowest BCUT2D eigenvalue weighted by Crippen LogP contribution is -2.48. The fourth-order valence-electron chi connectivity index (χ4n) is 2.96. The largest absolute Gasteiger partial charge is 0.374 e. The van der Waals surface area contributed by atoms with Crippen molar-refractivity contribution in [3.05, 3.63) is 69.7 Å². The van der Waals surface area contributed by atoms with E-state index in [1.165, 1.54) is 0 Å². The summed E-state index contributed by atoms with van der Waals surface area (Å²) in [5.74, 6) is -0.0369. The quantitative estimate of drug-likeness (QED) is 0.451. The van der Waals surface area contributed by atoms with Gasteiger partial charge in [0.1, 0.15) is 11.8 Å². The molecule has 2 rings (SSSR count). The normalized spacial score (nSPS) is 12.4. The van der Waals surface area contributed by atoms with Crippen molar-refractivity contribution in [1.29, 1.82) is 0 Å². The van der Waals surface area contributed by atoms with Gasteiger partial charge in [-0.1, -0.05) is 59.6 Å². The van der Waals surface area contributed by atoms with E-state index in [0.717, 1.165) is 17.5 Å². The zero-order valence-electron chi connectivity index (χ0n) is 18.9. The second-order valence-corrected chi connectivity index (χ2v) is 9.49. The summed E-state index contributed by atoms with van der Waals surface area (Å²) in [7, 11) is 0. The molecule has 2 N–H and O–H groups in total. The number of nitrogens with one attached hydrogen (secondary N) is 2. The van der Waals surface area contributed by atoms with E-state index in [9.17, 15) is 9.59 Å². The molecule has 0 bridgehead atoms. The van der Waals surface area contributed by atoms with Crippen LogP contribution in [0.25, 0.3) is 0 Å². The van der Waals surface area contributed by atoms with E-state index < -0.39 is 6.04 Å². The second kappa shape index (κ2) is 12.9. The number of hydrogen-bond donors (Lipinski definition) is 2. The van der Waals surface area contributed by atoms with Gasteiger partial charge >= 0.3 is 0 Å². The van der Waals surface area contributed by atoms with Crippen molar-refractivity contribution in [3.8, 4) is 0 Å². The monoisotopic (exact) mass is 478 g/mol. The zero-order valence-corrected chi connectivity index (χ0v) is 20.4. The molecule has 0 aliphatic carbocycles. The lowest BCUT2D eigenvalue weighted by molar-refractivity contribution is -0.127. The van der Waals surface area contributed by atoms with Gasteiger partial charge in [0.15, 0.2) is 0 Å². The van der Waals surface area contributed by atoms with Crippen LogP contribution < -0.4 is 10.6 Å². The minimum atomic E-state index is -0.570. The van der Waals surface area contributed by atoms with Gasteiger partial charge in [-0.3, -0.25) is 9.59 Å².